The summed E-state index contributed by atoms with van der Waals surface area (Å²) in [7, 11) is 0. The van der Waals surface area contributed by atoms with Crippen molar-refractivity contribution < 1.29 is 23.1 Å². The molecule has 4 rings (SSSR count). The summed E-state index contributed by atoms with van der Waals surface area (Å²) in [6, 6.07) is 5.51. The number of hydrogen-bond donors (Lipinski definition) is 3. The van der Waals surface area contributed by atoms with Crippen LogP contribution < -0.4 is 10.2 Å². The first-order chi connectivity index (χ1) is 14.1. The van der Waals surface area contributed by atoms with Crippen molar-refractivity contribution in [2.24, 2.45) is 0 Å². The Morgan fingerprint density at radius 3 is 2.63 bits per heavy atom. The second kappa shape index (κ2) is 6.98. The number of rotatable bonds is 2. The molecule has 1 unspecified atom stereocenters. The summed E-state index contributed by atoms with van der Waals surface area (Å²) in [5.41, 5.74) is -2.35. The van der Waals surface area contributed by atoms with Gasteiger partial charge in [-0.1, -0.05) is 0 Å². The number of piperidine rings is 1. The standard InChI is InChI=1S/C19H19F3N6O2/c1-10-12(9-23)2-3-13(24-10)28-6-4-11(5-7-28)16-15-17(27-26-16)25-14(29)8-18(15,30)19(20,21)22/h2-3,11,30H,4-8H2,1H3,(H2,25,26,27,29). The Morgan fingerprint density at radius 2 is 2.03 bits per heavy atom. The van der Waals surface area contributed by atoms with Gasteiger partial charge in [0, 0.05) is 24.7 Å². The van der Waals surface area contributed by atoms with Crippen LogP contribution in [0.2, 0.25) is 0 Å². The number of amides is 1. The predicted molar refractivity (Wildman–Crippen MR) is 99.7 cm³/mol. The van der Waals surface area contributed by atoms with Gasteiger partial charge in [-0.15, -0.1) is 0 Å². The predicted octanol–water partition coefficient (Wildman–Crippen LogP) is 2.46. The maximum atomic E-state index is 13.7. The van der Waals surface area contributed by atoms with Crippen LogP contribution in [0, 0.1) is 18.3 Å². The van der Waals surface area contributed by atoms with E-state index in [9.17, 15) is 23.1 Å². The second-order valence-electron chi connectivity index (χ2n) is 7.62. The molecule has 4 heterocycles. The molecule has 0 aromatic carbocycles. The van der Waals surface area contributed by atoms with E-state index >= 15 is 0 Å². The Labute approximate surface area is 169 Å². The van der Waals surface area contributed by atoms with Crippen molar-refractivity contribution in [3.8, 4) is 6.07 Å². The molecule has 0 spiro atoms. The number of hydrogen-bond acceptors (Lipinski definition) is 6. The quantitative estimate of drug-likeness (QED) is 0.687. The summed E-state index contributed by atoms with van der Waals surface area (Å²) in [6.07, 6.45) is -5.08. The molecule has 0 bridgehead atoms. The Morgan fingerprint density at radius 1 is 1.33 bits per heavy atom. The van der Waals surface area contributed by atoms with E-state index in [1.54, 1.807) is 19.1 Å². The van der Waals surface area contributed by atoms with E-state index in [2.05, 4.69) is 26.6 Å². The van der Waals surface area contributed by atoms with Crippen molar-refractivity contribution in [3.05, 3.63) is 34.6 Å². The Hall–Kier alpha value is -3.13. The molecule has 1 atom stereocenters. The number of aliphatic hydroxyl groups is 1. The number of H-pyrrole nitrogens is 1. The number of nitrogens with zero attached hydrogens (tertiary/aromatic N) is 4. The average Bonchev–Trinajstić information content (AvgIpc) is 3.11. The van der Waals surface area contributed by atoms with E-state index in [4.69, 9.17) is 5.26 Å². The zero-order valence-corrected chi connectivity index (χ0v) is 16.0. The Kier molecular flexibility index (Phi) is 4.69. The molecule has 2 aromatic heterocycles. The third-order valence-corrected chi connectivity index (χ3v) is 5.77. The number of alkyl halides is 3. The lowest BCUT2D eigenvalue weighted by Gasteiger charge is -2.37. The first kappa shape index (κ1) is 20.2. The molecule has 3 N–H and O–H groups in total. The fourth-order valence-corrected chi connectivity index (χ4v) is 4.14. The number of nitrogens with one attached hydrogen (secondary N) is 2. The summed E-state index contributed by atoms with van der Waals surface area (Å²) >= 11 is 0. The highest BCUT2D eigenvalue weighted by atomic mass is 19.4. The van der Waals surface area contributed by atoms with Gasteiger partial charge in [0.15, 0.2) is 11.4 Å². The normalized spacial score (nSPS) is 22.4. The van der Waals surface area contributed by atoms with Gasteiger partial charge in [0.05, 0.1) is 23.2 Å². The maximum absolute atomic E-state index is 13.7. The Bertz CT molecular complexity index is 1040. The largest absolute Gasteiger partial charge is 0.422 e. The minimum absolute atomic E-state index is 0.202. The summed E-state index contributed by atoms with van der Waals surface area (Å²) in [6.45, 7) is 2.82. The molecule has 158 valence electrons. The lowest BCUT2D eigenvalue weighted by atomic mass is 9.81. The van der Waals surface area contributed by atoms with E-state index in [1.165, 1.54) is 0 Å². The number of carbonyl (C=O) groups is 1. The SMILES string of the molecule is Cc1nc(N2CCC(c3[nH]nc4c3C(O)(C(F)(F)F)CC(=O)N4)CC2)ccc1C#N. The molecule has 2 aromatic rings. The fourth-order valence-electron chi connectivity index (χ4n) is 4.14. The summed E-state index contributed by atoms with van der Waals surface area (Å²) < 4.78 is 41.0. The van der Waals surface area contributed by atoms with Gasteiger partial charge in [-0.05, 0) is 31.9 Å². The van der Waals surface area contributed by atoms with Crippen molar-refractivity contribution in [1.29, 1.82) is 5.26 Å². The van der Waals surface area contributed by atoms with Crippen molar-refractivity contribution in [2.75, 3.05) is 23.3 Å². The van der Waals surface area contributed by atoms with Crippen LogP contribution in [0.3, 0.4) is 0 Å². The molecule has 1 fully saturated rings. The summed E-state index contributed by atoms with van der Waals surface area (Å²) in [5.74, 6) is -0.790. The molecule has 0 aliphatic carbocycles. The van der Waals surface area contributed by atoms with Gasteiger partial charge in [0.25, 0.3) is 0 Å². The van der Waals surface area contributed by atoms with Crippen LogP contribution in [0.1, 0.15) is 47.7 Å². The van der Waals surface area contributed by atoms with Gasteiger partial charge in [-0.25, -0.2) is 4.98 Å². The van der Waals surface area contributed by atoms with Crippen molar-refractivity contribution >= 4 is 17.5 Å². The molecular formula is C19H19F3N6O2. The highest BCUT2D eigenvalue weighted by Crippen LogP contribution is 2.49. The zero-order valence-electron chi connectivity index (χ0n) is 16.0. The number of aromatic amines is 1. The van der Waals surface area contributed by atoms with E-state index in [0.29, 0.717) is 43.0 Å². The van der Waals surface area contributed by atoms with Gasteiger partial charge >= 0.3 is 6.18 Å². The third-order valence-electron chi connectivity index (χ3n) is 5.77. The van der Waals surface area contributed by atoms with E-state index in [1.807, 2.05) is 4.90 Å². The van der Waals surface area contributed by atoms with Gasteiger partial charge < -0.3 is 15.3 Å². The zero-order chi connectivity index (χ0) is 21.7. The minimum atomic E-state index is -5.01. The van der Waals surface area contributed by atoms with Gasteiger partial charge in [-0.2, -0.15) is 23.5 Å². The number of nitriles is 1. The monoisotopic (exact) mass is 420 g/mol. The molecule has 0 saturated carbocycles. The lowest BCUT2D eigenvalue weighted by Crippen LogP contribution is -2.49. The molecular weight excluding hydrogens is 401 g/mol. The summed E-state index contributed by atoms with van der Waals surface area (Å²) in [4.78, 5) is 18.1. The van der Waals surface area contributed by atoms with Crippen LogP contribution in [0.4, 0.5) is 24.8 Å². The minimum Gasteiger partial charge on any atom is -0.376 e. The fraction of sp³-hybridized carbons (Fsp3) is 0.474. The second-order valence-corrected chi connectivity index (χ2v) is 7.62. The van der Waals surface area contributed by atoms with Gasteiger partial charge in [0.2, 0.25) is 5.91 Å². The highest BCUT2D eigenvalue weighted by Gasteiger charge is 2.61. The first-order valence-corrected chi connectivity index (χ1v) is 9.44. The molecule has 30 heavy (non-hydrogen) atoms. The van der Waals surface area contributed by atoms with Crippen molar-refractivity contribution in [3.63, 3.8) is 0 Å². The molecule has 1 saturated heterocycles. The van der Waals surface area contributed by atoms with E-state index < -0.39 is 24.1 Å². The average molecular weight is 420 g/mol. The molecule has 8 nitrogen and oxygen atoms in total. The number of pyridine rings is 1. The number of fused-ring (bicyclic) bond motifs is 1. The molecule has 1 amide bonds. The topological polar surface area (TPSA) is 118 Å². The molecule has 2 aliphatic rings. The number of aryl methyl sites for hydroxylation is 1. The van der Waals surface area contributed by atoms with Crippen LogP contribution in [0.15, 0.2) is 12.1 Å². The number of halogens is 3. The summed E-state index contributed by atoms with van der Waals surface area (Å²) in [5, 5.41) is 28.2. The van der Waals surface area contributed by atoms with Crippen molar-refractivity contribution in [2.45, 2.75) is 43.9 Å². The smallest absolute Gasteiger partial charge is 0.376 e. The van der Waals surface area contributed by atoms with Crippen LogP contribution in [-0.4, -0.2) is 45.5 Å². The maximum Gasteiger partial charge on any atom is 0.422 e. The number of carbonyl (C=O) groups excluding carboxylic acids is 1. The van der Waals surface area contributed by atoms with Gasteiger partial charge in [-0.3, -0.25) is 9.89 Å². The van der Waals surface area contributed by atoms with E-state index in [-0.39, 0.29) is 23.0 Å². The number of anilines is 2. The van der Waals surface area contributed by atoms with Crippen LogP contribution in [0.5, 0.6) is 0 Å². The number of aromatic nitrogens is 3. The lowest BCUT2D eigenvalue weighted by molar-refractivity contribution is -0.267. The molecule has 11 heteroatoms. The third kappa shape index (κ3) is 3.17. The van der Waals surface area contributed by atoms with Crippen LogP contribution in [-0.2, 0) is 10.4 Å². The van der Waals surface area contributed by atoms with Gasteiger partial charge in [0.1, 0.15) is 11.9 Å². The first-order valence-electron chi connectivity index (χ1n) is 9.44. The molecule has 0 radical (unpaired) electrons. The van der Waals surface area contributed by atoms with Crippen LogP contribution >= 0.6 is 0 Å². The van der Waals surface area contributed by atoms with Crippen molar-refractivity contribution in [1.82, 2.24) is 15.2 Å². The Balaban J connectivity index is 1.58. The molecule has 2 aliphatic heterocycles. The van der Waals surface area contributed by atoms with Crippen LogP contribution in [0.25, 0.3) is 0 Å². The highest BCUT2D eigenvalue weighted by molar-refractivity contribution is 5.94. The van der Waals surface area contributed by atoms with E-state index in [0.717, 1.165) is 0 Å².